The highest BCUT2D eigenvalue weighted by molar-refractivity contribution is 6.30. The van der Waals surface area contributed by atoms with E-state index in [0.717, 1.165) is 22.4 Å². The van der Waals surface area contributed by atoms with Crippen molar-refractivity contribution in [2.75, 3.05) is 0 Å². The monoisotopic (exact) mass is 387 g/mol. The number of hydrogen-bond donors (Lipinski definition) is 0. The van der Waals surface area contributed by atoms with Gasteiger partial charge in [0.1, 0.15) is 0 Å². The van der Waals surface area contributed by atoms with Crippen LogP contribution in [-0.4, -0.2) is 21.5 Å². The van der Waals surface area contributed by atoms with Crippen LogP contribution >= 0.6 is 11.6 Å². The second-order valence-electron chi connectivity index (χ2n) is 7.24. The Bertz CT molecular complexity index is 1110. The molecule has 2 aliphatic rings. The van der Waals surface area contributed by atoms with Gasteiger partial charge in [0.2, 0.25) is 5.91 Å². The summed E-state index contributed by atoms with van der Waals surface area (Å²) in [5, 5.41) is 0.693. The van der Waals surface area contributed by atoms with Gasteiger partial charge >= 0.3 is 0 Å². The molecule has 0 N–H and O–H groups in total. The van der Waals surface area contributed by atoms with Gasteiger partial charge in [-0.3, -0.25) is 14.8 Å². The Morgan fingerprint density at radius 2 is 1.86 bits per heavy atom. The van der Waals surface area contributed by atoms with Crippen molar-refractivity contribution in [1.29, 1.82) is 0 Å². The maximum Gasteiger partial charge on any atom is 0.227 e. The number of nitrogens with zero attached hydrogens (tertiary/aromatic N) is 3. The van der Waals surface area contributed by atoms with E-state index in [2.05, 4.69) is 17.1 Å². The third-order valence-corrected chi connectivity index (χ3v) is 5.59. The number of aromatic nitrogens is 1. The van der Waals surface area contributed by atoms with E-state index in [1.54, 1.807) is 12.4 Å². The summed E-state index contributed by atoms with van der Waals surface area (Å²) in [5.41, 5.74) is 7.82. The van der Waals surface area contributed by atoms with E-state index in [1.165, 1.54) is 16.7 Å². The summed E-state index contributed by atoms with van der Waals surface area (Å²) in [6, 6.07) is 16.1. The minimum Gasteiger partial charge on any atom is -0.334 e. The van der Waals surface area contributed by atoms with Gasteiger partial charge in [0.25, 0.3) is 0 Å². The lowest BCUT2D eigenvalue weighted by Crippen LogP contribution is -2.35. The number of amides is 1. The van der Waals surface area contributed by atoms with Crippen molar-refractivity contribution in [3.63, 3.8) is 0 Å². The van der Waals surface area contributed by atoms with Gasteiger partial charge in [-0.25, -0.2) is 0 Å². The second-order valence-corrected chi connectivity index (χ2v) is 7.67. The van der Waals surface area contributed by atoms with E-state index < -0.39 is 0 Å². The average molecular weight is 388 g/mol. The number of benzene rings is 2. The van der Waals surface area contributed by atoms with Crippen LogP contribution in [0.4, 0.5) is 0 Å². The smallest absolute Gasteiger partial charge is 0.227 e. The summed E-state index contributed by atoms with van der Waals surface area (Å²) in [7, 11) is 0. The lowest BCUT2D eigenvalue weighted by molar-refractivity contribution is -0.132. The minimum absolute atomic E-state index is 0.153. The molecule has 0 aliphatic carbocycles. The summed E-state index contributed by atoms with van der Waals surface area (Å²) >= 11 is 6.10. The Labute approximate surface area is 168 Å². The van der Waals surface area contributed by atoms with Gasteiger partial charge < -0.3 is 4.90 Å². The van der Waals surface area contributed by atoms with Gasteiger partial charge in [-0.05, 0) is 52.6 Å². The maximum absolute atomic E-state index is 12.7. The number of fused-ring (bicyclic) bond motifs is 2. The van der Waals surface area contributed by atoms with E-state index >= 15 is 0 Å². The molecule has 138 valence electrons. The third kappa shape index (κ3) is 3.10. The van der Waals surface area contributed by atoms with Gasteiger partial charge in [-0.1, -0.05) is 29.8 Å². The van der Waals surface area contributed by atoms with Gasteiger partial charge in [0.05, 0.1) is 18.7 Å². The zero-order chi connectivity index (χ0) is 19.1. The van der Waals surface area contributed by atoms with Crippen LogP contribution in [0.1, 0.15) is 33.4 Å². The largest absolute Gasteiger partial charge is 0.334 e. The highest BCUT2D eigenvalue weighted by Crippen LogP contribution is 2.30. The summed E-state index contributed by atoms with van der Waals surface area (Å²) in [6.07, 6.45) is 4.02. The summed E-state index contributed by atoms with van der Waals surface area (Å²) in [4.78, 5) is 23.4. The number of hydrogen-bond acceptors (Lipinski definition) is 3. The number of halogens is 1. The van der Waals surface area contributed by atoms with E-state index in [0.29, 0.717) is 31.1 Å². The number of pyridine rings is 1. The van der Waals surface area contributed by atoms with Gasteiger partial charge in [-0.15, -0.1) is 0 Å². The van der Waals surface area contributed by atoms with Crippen LogP contribution in [0.3, 0.4) is 0 Å². The summed E-state index contributed by atoms with van der Waals surface area (Å²) < 4.78 is 0. The number of rotatable bonds is 3. The molecule has 0 unspecified atom stereocenters. The zero-order valence-corrected chi connectivity index (χ0v) is 16.0. The van der Waals surface area contributed by atoms with Gasteiger partial charge in [0.15, 0.2) is 0 Å². The average Bonchev–Trinajstić information content (AvgIpc) is 3.10. The standard InChI is InChI=1S/C23H18ClN3O/c24-20-3-1-2-15(8-20)13-27-14-19-10-21-18(9-17(19)11-22(27)28)12-26-23(21)16-4-6-25-7-5-16/h1-10H,11-14H2. The summed E-state index contributed by atoms with van der Waals surface area (Å²) in [6.45, 7) is 1.85. The first-order chi connectivity index (χ1) is 13.7. The Balaban J connectivity index is 1.45. The van der Waals surface area contributed by atoms with Crippen molar-refractivity contribution in [2.45, 2.75) is 26.1 Å². The molecule has 0 saturated carbocycles. The molecule has 3 aromatic rings. The fourth-order valence-electron chi connectivity index (χ4n) is 3.98. The van der Waals surface area contributed by atoms with Crippen LogP contribution in [0.5, 0.6) is 0 Å². The van der Waals surface area contributed by atoms with Crippen molar-refractivity contribution in [1.82, 2.24) is 9.88 Å². The van der Waals surface area contributed by atoms with Crippen molar-refractivity contribution < 1.29 is 4.79 Å². The zero-order valence-electron chi connectivity index (χ0n) is 15.2. The Kier molecular flexibility index (Phi) is 4.21. The molecule has 0 atom stereocenters. The molecule has 0 radical (unpaired) electrons. The Morgan fingerprint density at radius 1 is 1.00 bits per heavy atom. The molecule has 1 aromatic heterocycles. The molecule has 28 heavy (non-hydrogen) atoms. The Morgan fingerprint density at radius 3 is 2.68 bits per heavy atom. The molecule has 0 spiro atoms. The van der Waals surface area contributed by atoms with Crippen LogP contribution in [0.2, 0.25) is 5.02 Å². The molecule has 5 rings (SSSR count). The molecule has 0 bridgehead atoms. The molecule has 1 amide bonds. The summed E-state index contributed by atoms with van der Waals surface area (Å²) in [5.74, 6) is 0.153. The Hall–Kier alpha value is -2.98. The predicted octanol–water partition coefficient (Wildman–Crippen LogP) is 4.17. The number of carbonyl (C=O) groups is 1. The first-order valence-corrected chi connectivity index (χ1v) is 9.67. The fraction of sp³-hybridized carbons (Fsp3) is 0.174. The topological polar surface area (TPSA) is 45.6 Å². The van der Waals surface area contributed by atoms with Crippen LogP contribution in [0.25, 0.3) is 0 Å². The van der Waals surface area contributed by atoms with Crippen molar-refractivity contribution in [3.8, 4) is 0 Å². The molecule has 0 saturated heterocycles. The molecule has 2 aromatic carbocycles. The van der Waals surface area contributed by atoms with E-state index in [-0.39, 0.29) is 5.91 Å². The van der Waals surface area contributed by atoms with Crippen LogP contribution in [0.15, 0.2) is 65.9 Å². The van der Waals surface area contributed by atoms with E-state index in [9.17, 15) is 4.79 Å². The van der Waals surface area contributed by atoms with Gasteiger partial charge in [0, 0.05) is 41.6 Å². The number of aliphatic imine (C=N–C) groups is 1. The highest BCUT2D eigenvalue weighted by atomic mass is 35.5. The molecule has 2 aliphatic heterocycles. The lowest BCUT2D eigenvalue weighted by Gasteiger charge is -2.29. The normalized spacial score (nSPS) is 15.2. The molecule has 5 heteroatoms. The lowest BCUT2D eigenvalue weighted by atomic mass is 9.91. The van der Waals surface area contributed by atoms with Crippen molar-refractivity contribution >= 4 is 23.2 Å². The maximum atomic E-state index is 12.7. The quantitative estimate of drug-likeness (QED) is 0.677. The first kappa shape index (κ1) is 17.1. The molecular weight excluding hydrogens is 370 g/mol. The van der Waals surface area contributed by atoms with Crippen molar-refractivity contribution in [3.05, 3.63) is 99.3 Å². The van der Waals surface area contributed by atoms with E-state index in [4.69, 9.17) is 16.6 Å². The number of carbonyl (C=O) groups excluding carboxylic acids is 1. The van der Waals surface area contributed by atoms with E-state index in [1.807, 2.05) is 41.3 Å². The highest BCUT2D eigenvalue weighted by Gasteiger charge is 2.27. The van der Waals surface area contributed by atoms with Crippen LogP contribution < -0.4 is 0 Å². The second kappa shape index (κ2) is 6.88. The first-order valence-electron chi connectivity index (χ1n) is 9.29. The van der Waals surface area contributed by atoms with Gasteiger partial charge in [-0.2, -0.15) is 0 Å². The van der Waals surface area contributed by atoms with Crippen LogP contribution in [-0.2, 0) is 30.8 Å². The fourth-order valence-corrected chi connectivity index (χ4v) is 4.19. The predicted molar refractivity (Wildman–Crippen MR) is 109 cm³/mol. The molecule has 3 heterocycles. The van der Waals surface area contributed by atoms with Crippen molar-refractivity contribution in [2.24, 2.45) is 4.99 Å². The SMILES string of the molecule is O=C1Cc2cc3c(cc2CN1Cc1cccc(Cl)c1)C(c1ccncc1)=NC3. The molecular formula is C23H18ClN3O. The van der Waals surface area contributed by atoms with Crippen LogP contribution in [0, 0.1) is 0 Å². The minimum atomic E-state index is 0.153. The third-order valence-electron chi connectivity index (χ3n) is 5.36. The molecule has 4 nitrogen and oxygen atoms in total. The molecule has 0 fully saturated rings.